The SMILES string of the molecule is CO[C@H]1C[C@@H]2CC[C@@H](C)[C@@](O)(O2)C(=O)C(=O)N2CCCC[C@H]2C(=O)O[C@H]([C@H](C)C[C@@H]2CCC(N=[N+]=[N-])[C@H](OC)C2)CC(=O)[C@H](C)/C=C(\C)[C@@H](O)[C@@H](OC)C(=O)[C@H](C)C[C@H](C)/C=C/C=C/C=C/1C. The predicted octanol–water partition coefficient (Wildman–Crippen LogP) is 7.50. The molecule has 1 unspecified atom stereocenters. The molecule has 15 atom stereocenters. The van der Waals surface area contributed by atoms with Gasteiger partial charge in [0, 0.05) is 63.4 Å². The number of ether oxygens (including phenoxy) is 5. The summed E-state index contributed by atoms with van der Waals surface area (Å²) in [5.74, 6) is -8.09. The van der Waals surface area contributed by atoms with E-state index in [1.807, 2.05) is 58.1 Å². The fourth-order valence-corrected chi connectivity index (χ4v) is 10.3. The van der Waals surface area contributed by atoms with Gasteiger partial charge < -0.3 is 38.8 Å². The maximum atomic E-state index is 14.4. The minimum absolute atomic E-state index is 0.0129. The van der Waals surface area contributed by atoms with Gasteiger partial charge in [-0.2, -0.15) is 0 Å². The van der Waals surface area contributed by atoms with Gasteiger partial charge in [-0.3, -0.25) is 19.2 Å². The molecule has 2 N–H and O–H groups in total. The van der Waals surface area contributed by atoms with Crippen LogP contribution in [0.2, 0.25) is 0 Å². The van der Waals surface area contributed by atoms with Crippen LogP contribution in [0.25, 0.3) is 10.4 Å². The number of carbonyl (C=O) groups excluding carboxylic acids is 5. The molecule has 1 amide bonds. The van der Waals surface area contributed by atoms with E-state index in [1.165, 1.54) is 12.0 Å². The summed E-state index contributed by atoms with van der Waals surface area (Å²) in [5.41, 5.74) is 10.4. The molecule has 3 aliphatic heterocycles. The predicted molar refractivity (Wildman–Crippen MR) is 252 cm³/mol. The van der Waals surface area contributed by atoms with E-state index in [2.05, 4.69) is 10.0 Å². The molecule has 1 aliphatic carbocycles. The Bertz CT molecular complexity index is 1890. The molecule has 16 nitrogen and oxygen atoms in total. The van der Waals surface area contributed by atoms with E-state index < -0.39 is 77.8 Å². The number of carbonyl (C=O) groups is 5. The number of hydrogen-bond acceptors (Lipinski definition) is 13. The number of rotatable bonds is 7. The van der Waals surface area contributed by atoms with Gasteiger partial charge in [0.1, 0.15) is 30.1 Å². The van der Waals surface area contributed by atoms with Gasteiger partial charge in [0.05, 0.1) is 24.4 Å². The van der Waals surface area contributed by atoms with E-state index in [0.29, 0.717) is 63.4 Å². The standard InChI is InChI=1S/C51H78N4O12/c1-30-16-12-11-13-17-31(2)42(63-8)28-38-21-19-36(7)51(62,67-38)48(59)49(60)55-23-15-14-18-40(55)50(61)66-43(33(4)26-37-20-22-39(53-54-52)44(27-37)64-9)29-41(56)32(3)25-35(6)46(58)47(65-10)45(57)34(5)24-30/h11-13,16-17,25,30,32-34,36-40,42-44,46-47,58,62H,14-15,18-24,26-29H2,1-10H3/b13-11+,16-12+,31-17+,35-25+/t30-,32-,33-,34-,36-,37+,38+,39?,40+,42+,43+,44-,46-,47+,51-/m1/s1. The van der Waals surface area contributed by atoms with Crippen LogP contribution in [0, 0.1) is 35.5 Å². The van der Waals surface area contributed by atoms with Crippen LogP contribution in [0.3, 0.4) is 0 Å². The number of cyclic esters (lactones) is 1. The largest absolute Gasteiger partial charge is 0.460 e. The number of nitrogens with zero attached hydrogens (tertiary/aromatic N) is 4. The third kappa shape index (κ3) is 14.7. The van der Waals surface area contributed by atoms with Crippen LogP contribution in [0.4, 0.5) is 0 Å². The number of aliphatic hydroxyl groups is 2. The summed E-state index contributed by atoms with van der Waals surface area (Å²) in [5, 5.41) is 27.3. The molecule has 0 aromatic rings. The summed E-state index contributed by atoms with van der Waals surface area (Å²) in [4.78, 5) is 75.0. The minimum Gasteiger partial charge on any atom is -0.460 e. The monoisotopic (exact) mass is 939 g/mol. The average molecular weight is 939 g/mol. The fraction of sp³-hybridized carbons (Fsp3) is 0.745. The summed E-state index contributed by atoms with van der Waals surface area (Å²) in [6.07, 6.45) is 11.7. The number of Topliss-reactive ketones (excluding diaryl/α,β-unsaturated/α-hetero) is 3. The molecule has 2 saturated heterocycles. The van der Waals surface area contributed by atoms with Gasteiger partial charge in [-0.05, 0) is 112 Å². The molecule has 4 rings (SSSR count). The number of amides is 1. The Hall–Kier alpha value is -4.02. The second kappa shape index (κ2) is 26.1. The zero-order chi connectivity index (χ0) is 49.6. The van der Waals surface area contributed by atoms with E-state index in [9.17, 15) is 34.2 Å². The lowest BCUT2D eigenvalue weighted by molar-refractivity contribution is -0.265. The van der Waals surface area contributed by atoms with E-state index in [1.54, 1.807) is 41.1 Å². The maximum Gasteiger partial charge on any atom is 0.329 e. The zero-order valence-corrected chi connectivity index (χ0v) is 41.5. The first-order chi connectivity index (χ1) is 31.8. The average Bonchev–Trinajstić information content (AvgIpc) is 3.30. The van der Waals surface area contributed by atoms with Gasteiger partial charge in [0.25, 0.3) is 11.7 Å². The highest BCUT2D eigenvalue weighted by Crippen LogP contribution is 2.38. The van der Waals surface area contributed by atoms with E-state index in [-0.39, 0.29) is 60.9 Å². The van der Waals surface area contributed by atoms with E-state index >= 15 is 0 Å². The normalized spacial score (nSPS) is 39.4. The lowest BCUT2D eigenvalue weighted by atomic mass is 9.78. The van der Waals surface area contributed by atoms with E-state index in [4.69, 9.17) is 29.2 Å². The van der Waals surface area contributed by atoms with Crippen LogP contribution in [-0.4, -0.2) is 127 Å². The Balaban J connectivity index is 1.71. The smallest absolute Gasteiger partial charge is 0.329 e. The molecule has 0 radical (unpaired) electrons. The number of piperidine rings is 1. The highest BCUT2D eigenvalue weighted by molar-refractivity contribution is 6.39. The highest BCUT2D eigenvalue weighted by Gasteiger charge is 2.53. The molecular formula is C51H78N4O12. The van der Waals surface area contributed by atoms with Gasteiger partial charge in [-0.1, -0.05) is 76.2 Å². The van der Waals surface area contributed by atoms with Crippen molar-refractivity contribution in [1.29, 1.82) is 0 Å². The summed E-state index contributed by atoms with van der Waals surface area (Å²) in [7, 11) is 4.52. The Morgan fingerprint density at radius 2 is 1.64 bits per heavy atom. The molecule has 1 saturated carbocycles. The Labute approximate surface area is 397 Å². The third-order valence-corrected chi connectivity index (χ3v) is 14.7. The summed E-state index contributed by atoms with van der Waals surface area (Å²) < 4.78 is 29.5. The fourth-order valence-electron chi connectivity index (χ4n) is 10.3. The Morgan fingerprint density at radius 3 is 2.31 bits per heavy atom. The number of fused-ring (bicyclic) bond motifs is 3. The van der Waals surface area contributed by atoms with Gasteiger partial charge >= 0.3 is 5.97 Å². The maximum absolute atomic E-state index is 14.4. The second-order valence-electron chi connectivity index (χ2n) is 19.8. The lowest BCUT2D eigenvalue weighted by Gasteiger charge is -2.42. The van der Waals surface area contributed by atoms with Crippen molar-refractivity contribution < 1.29 is 57.9 Å². The molecule has 67 heavy (non-hydrogen) atoms. The molecule has 3 heterocycles. The number of aliphatic hydroxyl groups excluding tert-OH is 1. The van der Waals surface area contributed by atoms with Gasteiger partial charge in [0.15, 0.2) is 5.78 Å². The summed E-state index contributed by atoms with van der Waals surface area (Å²) >= 11 is 0. The van der Waals surface area contributed by atoms with Crippen molar-refractivity contribution in [2.75, 3.05) is 27.9 Å². The van der Waals surface area contributed by atoms with Crippen molar-refractivity contribution in [3.63, 3.8) is 0 Å². The Kier molecular flexibility index (Phi) is 21.6. The van der Waals surface area contributed by atoms with Crippen LogP contribution >= 0.6 is 0 Å². The molecule has 374 valence electrons. The third-order valence-electron chi connectivity index (χ3n) is 14.7. The second-order valence-corrected chi connectivity index (χ2v) is 19.8. The topological polar surface area (TPSA) is 224 Å². The number of esters is 1. The summed E-state index contributed by atoms with van der Waals surface area (Å²) in [6.45, 7) is 12.7. The number of methoxy groups -OCH3 is 3. The Morgan fingerprint density at radius 1 is 0.910 bits per heavy atom. The number of hydrogen-bond donors (Lipinski definition) is 2. The highest BCUT2D eigenvalue weighted by atomic mass is 16.6. The van der Waals surface area contributed by atoms with Crippen molar-refractivity contribution in [1.82, 2.24) is 4.90 Å². The molecule has 0 aromatic heterocycles. The van der Waals surface area contributed by atoms with Gasteiger partial charge in [-0.25, -0.2) is 4.79 Å². The van der Waals surface area contributed by atoms with Crippen LogP contribution < -0.4 is 0 Å². The van der Waals surface area contributed by atoms with Crippen molar-refractivity contribution >= 4 is 29.2 Å². The quantitative estimate of drug-likeness (QED) is 0.0632. The molecule has 2 bridgehead atoms. The lowest BCUT2D eigenvalue weighted by Crippen LogP contribution is -2.61. The van der Waals surface area contributed by atoms with Gasteiger partial charge in [0.2, 0.25) is 5.79 Å². The van der Waals surface area contributed by atoms with E-state index in [0.717, 1.165) is 12.0 Å². The van der Waals surface area contributed by atoms with Crippen molar-refractivity contribution in [3.8, 4) is 0 Å². The number of allylic oxidation sites excluding steroid dienone is 6. The van der Waals surface area contributed by atoms with Crippen LogP contribution in [0.15, 0.2) is 52.7 Å². The van der Waals surface area contributed by atoms with Crippen LogP contribution in [-0.2, 0) is 47.7 Å². The molecular weight excluding hydrogens is 861 g/mol. The first-order valence-electron chi connectivity index (χ1n) is 24.3. The first-order valence-corrected chi connectivity index (χ1v) is 24.3. The molecule has 3 fully saturated rings. The molecule has 0 spiro atoms. The zero-order valence-electron chi connectivity index (χ0n) is 41.5. The van der Waals surface area contributed by atoms with Gasteiger partial charge in [-0.15, -0.1) is 0 Å². The number of ketones is 3. The first kappa shape index (κ1) is 55.6. The molecule has 4 aliphatic rings. The molecule has 0 aromatic carbocycles. The van der Waals surface area contributed by atoms with Crippen molar-refractivity contribution in [2.24, 2.45) is 40.6 Å². The van der Waals surface area contributed by atoms with Crippen molar-refractivity contribution in [2.45, 2.75) is 180 Å². The minimum atomic E-state index is -2.44. The van der Waals surface area contributed by atoms with Crippen LogP contribution in [0.1, 0.15) is 126 Å². The molecule has 16 heteroatoms. The number of azide groups is 1. The van der Waals surface area contributed by atoms with Crippen LogP contribution in [0.5, 0.6) is 0 Å². The summed E-state index contributed by atoms with van der Waals surface area (Å²) in [6, 6.07) is -1.47. The van der Waals surface area contributed by atoms with Crippen molar-refractivity contribution in [3.05, 3.63) is 58.0 Å².